The first-order chi connectivity index (χ1) is 11.6. The lowest BCUT2D eigenvalue weighted by Crippen LogP contribution is -2.24. The minimum absolute atomic E-state index is 0.0937. The molecule has 0 N–H and O–H groups in total. The number of methoxy groups -OCH3 is 2. The number of hydrogen-bond acceptors (Lipinski definition) is 4. The highest BCUT2D eigenvalue weighted by molar-refractivity contribution is 6.03. The first kappa shape index (κ1) is 16.1. The van der Waals surface area contributed by atoms with Crippen LogP contribution in [-0.4, -0.2) is 30.8 Å². The molecule has 1 amide bonds. The fourth-order valence-corrected chi connectivity index (χ4v) is 2.94. The first-order valence-electron chi connectivity index (χ1n) is 7.78. The van der Waals surface area contributed by atoms with Crippen molar-refractivity contribution in [1.29, 1.82) is 0 Å². The second kappa shape index (κ2) is 6.74. The molecule has 1 atom stereocenters. The van der Waals surface area contributed by atoms with Gasteiger partial charge in [0, 0.05) is 25.0 Å². The number of ether oxygens (including phenoxy) is 2. The summed E-state index contributed by atoms with van der Waals surface area (Å²) < 4.78 is 10.8. The van der Waals surface area contributed by atoms with Gasteiger partial charge in [0.15, 0.2) is 0 Å². The Bertz CT molecular complexity index is 771. The maximum atomic E-state index is 12.1. The van der Waals surface area contributed by atoms with E-state index in [-0.39, 0.29) is 11.9 Å². The van der Waals surface area contributed by atoms with Crippen molar-refractivity contribution in [2.75, 3.05) is 14.2 Å². The van der Waals surface area contributed by atoms with Gasteiger partial charge in [-0.2, -0.15) is 5.10 Å². The molecule has 0 bridgehead atoms. The second-order valence-corrected chi connectivity index (χ2v) is 5.60. The van der Waals surface area contributed by atoms with Gasteiger partial charge < -0.3 is 9.47 Å². The van der Waals surface area contributed by atoms with Gasteiger partial charge in [0.1, 0.15) is 11.5 Å². The molecule has 1 unspecified atom stereocenters. The van der Waals surface area contributed by atoms with E-state index in [1.807, 2.05) is 48.5 Å². The van der Waals surface area contributed by atoms with Crippen molar-refractivity contribution in [3.05, 3.63) is 59.7 Å². The average molecular weight is 324 g/mol. The molecule has 5 nitrogen and oxygen atoms in total. The van der Waals surface area contributed by atoms with E-state index < -0.39 is 0 Å². The molecule has 0 fully saturated rings. The number of hydrogen-bond donors (Lipinski definition) is 0. The molecule has 5 heteroatoms. The lowest BCUT2D eigenvalue weighted by atomic mass is 9.97. The molecule has 0 aromatic heterocycles. The molecule has 0 spiro atoms. The van der Waals surface area contributed by atoms with E-state index in [9.17, 15) is 4.79 Å². The van der Waals surface area contributed by atoms with E-state index in [0.29, 0.717) is 17.9 Å². The van der Waals surface area contributed by atoms with Crippen LogP contribution < -0.4 is 9.47 Å². The highest BCUT2D eigenvalue weighted by Crippen LogP contribution is 2.38. The number of benzene rings is 2. The fraction of sp³-hybridized carbons (Fsp3) is 0.263. The maximum Gasteiger partial charge on any atom is 0.240 e. The normalized spacial score (nSPS) is 16.7. The molecule has 1 aliphatic rings. The molecule has 3 rings (SSSR count). The first-order valence-corrected chi connectivity index (χ1v) is 7.78. The van der Waals surface area contributed by atoms with Crippen LogP contribution in [0.4, 0.5) is 0 Å². The summed E-state index contributed by atoms with van der Waals surface area (Å²) in [7, 11) is 3.23. The molecule has 1 aliphatic heterocycles. The van der Waals surface area contributed by atoms with Crippen LogP contribution in [0.1, 0.15) is 30.5 Å². The Labute approximate surface area is 141 Å². The number of nitrogens with zero attached hydrogens (tertiary/aromatic N) is 2. The van der Waals surface area contributed by atoms with E-state index >= 15 is 0 Å². The third kappa shape index (κ3) is 2.97. The van der Waals surface area contributed by atoms with Crippen molar-refractivity contribution in [2.24, 2.45) is 5.10 Å². The molecule has 2 aromatic carbocycles. The Morgan fingerprint density at radius 3 is 2.50 bits per heavy atom. The zero-order chi connectivity index (χ0) is 17.1. The predicted octanol–water partition coefficient (Wildman–Crippen LogP) is 3.40. The number of carbonyl (C=O) groups is 1. The summed E-state index contributed by atoms with van der Waals surface area (Å²) in [6, 6.07) is 15.4. The Hall–Kier alpha value is -2.82. The minimum atomic E-state index is -0.182. The van der Waals surface area contributed by atoms with Gasteiger partial charge in [-0.05, 0) is 17.7 Å². The molecular weight excluding hydrogens is 304 g/mol. The van der Waals surface area contributed by atoms with Gasteiger partial charge in [-0.1, -0.05) is 30.3 Å². The van der Waals surface area contributed by atoms with Gasteiger partial charge in [0.2, 0.25) is 5.91 Å². The third-order valence-electron chi connectivity index (χ3n) is 4.14. The summed E-state index contributed by atoms with van der Waals surface area (Å²) in [5.41, 5.74) is 2.84. The van der Waals surface area contributed by atoms with Gasteiger partial charge in [-0.25, -0.2) is 5.01 Å². The number of amides is 1. The zero-order valence-corrected chi connectivity index (χ0v) is 14.0. The van der Waals surface area contributed by atoms with Crippen LogP contribution in [0.3, 0.4) is 0 Å². The molecule has 0 aliphatic carbocycles. The highest BCUT2D eigenvalue weighted by Gasteiger charge is 2.33. The molecule has 124 valence electrons. The molecule has 24 heavy (non-hydrogen) atoms. The third-order valence-corrected chi connectivity index (χ3v) is 4.14. The molecule has 0 saturated carbocycles. The average Bonchev–Trinajstić information content (AvgIpc) is 3.07. The highest BCUT2D eigenvalue weighted by atomic mass is 16.5. The molecular formula is C19H20N2O3. The van der Waals surface area contributed by atoms with Gasteiger partial charge >= 0.3 is 0 Å². The summed E-state index contributed by atoms with van der Waals surface area (Å²) in [6.07, 6.45) is 0.645. The van der Waals surface area contributed by atoms with Crippen molar-refractivity contribution >= 4 is 11.6 Å². The van der Waals surface area contributed by atoms with Crippen molar-refractivity contribution in [2.45, 2.75) is 19.4 Å². The minimum Gasteiger partial charge on any atom is -0.497 e. The van der Waals surface area contributed by atoms with Crippen LogP contribution in [0.25, 0.3) is 0 Å². The Morgan fingerprint density at radius 2 is 1.88 bits per heavy atom. The largest absolute Gasteiger partial charge is 0.497 e. The molecule has 2 aromatic rings. The monoisotopic (exact) mass is 324 g/mol. The van der Waals surface area contributed by atoms with Crippen molar-refractivity contribution < 1.29 is 14.3 Å². The Morgan fingerprint density at radius 1 is 1.12 bits per heavy atom. The summed E-state index contributed by atoms with van der Waals surface area (Å²) in [6.45, 7) is 1.53. The SMILES string of the molecule is COc1ccc(C2CC(c3ccccc3)=NN2C(C)=O)c(OC)c1. The quantitative estimate of drug-likeness (QED) is 0.866. The van der Waals surface area contributed by atoms with E-state index in [2.05, 4.69) is 5.10 Å². The van der Waals surface area contributed by atoms with Crippen molar-refractivity contribution in [1.82, 2.24) is 5.01 Å². The lowest BCUT2D eigenvalue weighted by Gasteiger charge is -2.22. The van der Waals surface area contributed by atoms with Gasteiger partial charge in [-0.3, -0.25) is 4.79 Å². The van der Waals surface area contributed by atoms with Crippen molar-refractivity contribution in [3.63, 3.8) is 0 Å². The van der Waals surface area contributed by atoms with E-state index in [1.54, 1.807) is 14.2 Å². The molecule has 0 saturated heterocycles. The Kier molecular flexibility index (Phi) is 4.51. The summed E-state index contributed by atoms with van der Waals surface area (Å²) in [4.78, 5) is 12.1. The van der Waals surface area contributed by atoms with Gasteiger partial charge in [0.05, 0.1) is 26.0 Å². The van der Waals surface area contributed by atoms with Crippen LogP contribution >= 0.6 is 0 Å². The summed E-state index contributed by atoms with van der Waals surface area (Å²) >= 11 is 0. The van der Waals surface area contributed by atoms with Crippen LogP contribution in [0.2, 0.25) is 0 Å². The zero-order valence-electron chi connectivity index (χ0n) is 14.0. The van der Waals surface area contributed by atoms with Crippen LogP contribution in [0, 0.1) is 0 Å². The molecule has 1 heterocycles. The van der Waals surface area contributed by atoms with Crippen molar-refractivity contribution in [3.8, 4) is 11.5 Å². The van der Waals surface area contributed by atoms with E-state index in [1.165, 1.54) is 11.9 Å². The molecule has 0 radical (unpaired) electrons. The predicted molar refractivity (Wildman–Crippen MR) is 92.4 cm³/mol. The Balaban J connectivity index is 1.98. The van der Waals surface area contributed by atoms with Gasteiger partial charge in [0.25, 0.3) is 0 Å². The van der Waals surface area contributed by atoms with E-state index in [0.717, 1.165) is 16.8 Å². The van der Waals surface area contributed by atoms with Crippen LogP contribution in [0.5, 0.6) is 11.5 Å². The van der Waals surface area contributed by atoms with Crippen LogP contribution in [0.15, 0.2) is 53.6 Å². The second-order valence-electron chi connectivity index (χ2n) is 5.60. The van der Waals surface area contributed by atoms with Gasteiger partial charge in [-0.15, -0.1) is 0 Å². The fourth-order valence-electron chi connectivity index (χ4n) is 2.94. The number of rotatable bonds is 4. The summed E-state index contributed by atoms with van der Waals surface area (Å²) in [5.74, 6) is 1.31. The number of hydrazone groups is 1. The number of carbonyl (C=O) groups excluding carboxylic acids is 1. The standard InChI is InChI=1S/C19H20N2O3/c1-13(22)21-18(12-17(20-21)14-7-5-4-6-8-14)16-10-9-15(23-2)11-19(16)24-3/h4-11,18H,12H2,1-3H3. The van der Waals surface area contributed by atoms with E-state index in [4.69, 9.17) is 9.47 Å². The smallest absolute Gasteiger partial charge is 0.240 e. The lowest BCUT2D eigenvalue weighted by molar-refractivity contribution is -0.130. The summed E-state index contributed by atoms with van der Waals surface area (Å²) in [5, 5.41) is 6.08. The topological polar surface area (TPSA) is 51.1 Å². The van der Waals surface area contributed by atoms with Crippen LogP contribution in [-0.2, 0) is 4.79 Å². The maximum absolute atomic E-state index is 12.1.